The number of nitrogens with zero attached hydrogens (tertiary/aromatic N) is 2. The fourth-order valence-electron chi connectivity index (χ4n) is 3.38. The van der Waals surface area contributed by atoms with Crippen molar-refractivity contribution in [2.45, 2.75) is 18.6 Å². The Morgan fingerprint density at radius 2 is 1.97 bits per heavy atom. The number of rotatable bonds is 7. The Morgan fingerprint density at radius 1 is 1.16 bits per heavy atom. The summed E-state index contributed by atoms with van der Waals surface area (Å²) in [5, 5.41) is 3.55. The summed E-state index contributed by atoms with van der Waals surface area (Å²) < 4.78 is 18.1. The molecule has 0 atom stereocenters. The fourth-order valence-corrected chi connectivity index (χ4v) is 4.22. The zero-order valence-corrected chi connectivity index (χ0v) is 18.6. The molecule has 8 nitrogen and oxygen atoms in total. The number of carbonyl (C=O) groups excluding carboxylic acids is 2. The van der Waals surface area contributed by atoms with E-state index in [2.05, 4.69) is 14.9 Å². The normalized spacial score (nSPS) is 12.3. The molecule has 0 fully saturated rings. The van der Waals surface area contributed by atoms with Gasteiger partial charge >= 0.3 is 5.97 Å². The van der Waals surface area contributed by atoms with Crippen LogP contribution in [0.2, 0.25) is 0 Å². The number of nitrogens with one attached hydrogen (secondary N) is 1. The van der Waals surface area contributed by atoms with Gasteiger partial charge in [0.15, 0.2) is 16.7 Å². The molecule has 3 aromatic rings. The van der Waals surface area contributed by atoms with Gasteiger partial charge in [0.25, 0.3) is 0 Å². The molecule has 0 spiro atoms. The lowest BCUT2D eigenvalue weighted by Gasteiger charge is -2.19. The smallest absolute Gasteiger partial charge is 0.337 e. The number of anilines is 1. The number of imidazole rings is 1. The molecule has 2 aromatic carbocycles. The van der Waals surface area contributed by atoms with Crippen LogP contribution in [0.1, 0.15) is 17.3 Å². The van der Waals surface area contributed by atoms with Gasteiger partial charge in [-0.05, 0) is 43.3 Å². The lowest BCUT2D eigenvalue weighted by molar-refractivity contribution is -0.113. The van der Waals surface area contributed by atoms with Crippen LogP contribution in [0.3, 0.4) is 0 Å². The van der Waals surface area contributed by atoms with Crippen LogP contribution in [-0.4, -0.2) is 47.5 Å². The predicted octanol–water partition coefficient (Wildman–Crippen LogP) is 3.86. The fraction of sp³-hybridized carbons (Fsp3) is 0.261. The minimum atomic E-state index is -0.452. The van der Waals surface area contributed by atoms with Gasteiger partial charge in [0.1, 0.15) is 13.2 Å². The molecule has 2 heterocycles. The minimum Gasteiger partial charge on any atom is -0.486 e. The van der Waals surface area contributed by atoms with Gasteiger partial charge in [0.2, 0.25) is 5.91 Å². The summed E-state index contributed by atoms with van der Waals surface area (Å²) in [5.74, 6) is 1.00. The maximum Gasteiger partial charge on any atom is 0.337 e. The second-order valence-corrected chi connectivity index (χ2v) is 7.88. The monoisotopic (exact) mass is 453 g/mol. The molecule has 0 bridgehead atoms. The molecule has 1 amide bonds. The molecular formula is C23H23N3O5S. The van der Waals surface area contributed by atoms with Crippen LogP contribution >= 0.6 is 11.8 Å². The molecule has 0 unspecified atom stereocenters. The van der Waals surface area contributed by atoms with Crippen molar-refractivity contribution in [2.75, 3.05) is 31.4 Å². The third-order valence-electron chi connectivity index (χ3n) is 4.87. The number of hydrogen-bond donors (Lipinski definition) is 1. The quantitative estimate of drug-likeness (QED) is 0.429. The van der Waals surface area contributed by atoms with Crippen molar-refractivity contribution in [2.24, 2.45) is 0 Å². The van der Waals surface area contributed by atoms with Crippen molar-refractivity contribution in [3.05, 3.63) is 54.2 Å². The van der Waals surface area contributed by atoms with Crippen LogP contribution in [0.25, 0.3) is 11.3 Å². The van der Waals surface area contributed by atoms with Crippen molar-refractivity contribution in [1.29, 1.82) is 0 Å². The Balaban J connectivity index is 1.44. The zero-order valence-electron chi connectivity index (χ0n) is 17.8. The van der Waals surface area contributed by atoms with E-state index < -0.39 is 5.97 Å². The van der Waals surface area contributed by atoms with Crippen molar-refractivity contribution in [1.82, 2.24) is 9.55 Å². The van der Waals surface area contributed by atoms with E-state index in [0.717, 1.165) is 27.9 Å². The van der Waals surface area contributed by atoms with Crippen LogP contribution in [0.15, 0.2) is 53.8 Å². The molecule has 4 rings (SSSR count). The van der Waals surface area contributed by atoms with Crippen LogP contribution in [-0.2, 0) is 16.1 Å². The van der Waals surface area contributed by atoms with E-state index in [-0.39, 0.29) is 11.7 Å². The Morgan fingerprint density at radius 3 is 2.75 bits per heavy atom. The number of fused-ring (bicyclic) bond motifs is 1. The summed E-state index contributed by atoms with van der Waals surface area (Å²) in [7, 11) is 1.32. The Labute approximate surface area is 189 Å². The van der Waals surface area contributed by atoms with Gasteiger partial charge in [-0.2, -0.15) is 0 Å². The second kappa shape index (κ2) is 9.78. The van der Waals surface area contributed by atoms with Crippen LogP contribution in [0, 0.1) is 0 Å². The van der Waals surface area contributed by atoms with Crippen LogP contribution < -0.4 is 14.8 Å². The molecule has 1 N–H and O–H groups in total. The molecule has 32 heavy (non-hydrogen) atoms. The van der Waals surface area contributed by atoms with E-state index in [1.165, 1.54) is 18.9 Å². The van der Waals surface area contributed by atoms with Gasteiger partial charge in [-0.3, -0.25) is 4.79 Å². The van der Waals surface area contributed by atoms with Crippen LogP contribution in [0.5, 0.6) is 11.5 Å². The van der Waals surface area contributed by atoms with Gasteiger partial charge in [-0.25, -0.2) is 9.78 Å². The summed E-state index contributed by atoms with van der Waals surface area (Å²) in [6.07, 6.45) is 1.80. The standard InChI is InChI=1S/C23H23N3O5S/c1-3-26-18(15-7-8-19-20(12-15)31-10-9-30-19)13-24-23(26)32-14-21(27)25-17-6-4-5-16(11-17)22(28)29-2/h4-8,11-13H,3,9-10,14H2,1-2H3,(H,25,27). The third kappa shape index (κ3) is 4.72. The first-order valence-electron chi connectivity index (χ1n) is 10.2. The number of aromatic nitrogens is 2. The van der Waals surface area contributed by atoms with Gasteiger partial charge in [-0.15, -0.1) is 0 Å². The number of hydrogen-bond acceptors (Lipinski definition) is 7. The number of amides is 1. The number of esters is 1. The van der Waals surface area contributed by atoms with E-state index >= 15 is 0 Å². The van der Waals surface area contributed by atoms with E-state index in [4.69, 9.17) is 14.2 Å². The SMILES string of the molecule is CCn1c(-c2ccc3c(c2)OCCO3)cnc1SCC(=O)Nc1cccc(C(=O)OC)c1. The lowest BCUT2D eigenvalue weighted by Crippen LogP contribution is -2.15. The maximum atomic E-state index is 12.5. The van der Waals surface area contributed by atoms with Gasteiger partial charge in [0.05, 0.1) is 30.3 Å². The zero-order chi connectivity index (χ0) is 22.5. The highest BCUT2D eigenvalue weighted by atomic mass is 32.2. The highest BCUT2D eigenvalue weighted by Gasteiger charge is 2.17. The van der Waals surface area contributed by atoms with Crippen molar-refractivity contribution in [3.8, 4) is 22.8 Å². The predicted molar refractivity (Wildman–Crippen MR) is 121 cm³/mol. The maximum absolute atomic E-state index is 12.5. The molecule has 1 aromatic heterocycles. The van der Waals surface area contributed by atoms with Crippen molar-refractivity contribution in [3.63, 3.8) is 0 Å². The third-order valence-corrected chi connectivity index (χ3v) is 5.86. The Bertz CT molecular complexity index is 1140. The summed E-state index contributed by atoms with van der Waals surface area (Å²) in [4.78, 5) is 28.6. The number of carbonyl (C=O) groups is 2. The first-order chi connectivity index (χ1) is 15.6. The number of benzene rings is 2. The average molecular weight is 454 g/mol. The molecular weight excluding hydrogens is 430 g/mol. The van der Waals surface area contributed by atoms with Crippen LogP contribution in [0.4, 0.5) is 5.69 Å². The topological polar surface area (TPSA) is 91.7 Å². The van der Waals surface area contributed by atoms with Gasteiger partial charge in [0, 0.05) is 17.8 Å². The molecule has 0 saturated heterocycles. The molecule has 0 saturated carbocycles. The van der Waals surface area contributed by atoms with E-state index in [1.54, 1.807) is 30.5 Å². The summed E-state index contributed by atoms with van der Waals surface area (Å²) in [6, 6.07) is 12.5. The molecule has 1 aliphatic rings. The number of methoxy groups -OCH3 is 1. The highest BCUT2D eigenvalue weighted by Crippen LogP contribution is 2.35. The van der Waals surface area contributed by atoms with E-state index in [1.807, 2.05) is 25.1 Å². The number of ether oxygens (including phenoxy) is 3. The Kier molecular flexibility index (Phi) is 6.65. The number of thioether (sulfide) groups is 1. The summed E-state index contributed by atoms with van der Waals surface area (Å²) >= 11 is 1.35. The van der Waals surface area contributed by atoms with Gasteiger partial charge in [-0.1, -0.05) is 17.8 Å². The first kappa shape index (κ1) is 21.8. The molecule has 1 aliphatic heterocycles. The Hall–Kier alpha value is -3.46. The van der Waals surface area contributed by atoms with Crippen molar-refractivity contribution < 1.29 is 23.8 Å². The minimum absolute atomic E-state index is 0.181. The second-order valence-electron chi connectivity index (χ2n) is 6.94. The van der Waals surface area contributed by atoms with Crippen molar-refractivity contribution >= 4 is 29.3 Å². The first-order valence-corrected chi connectivity index (χ1v) is 11.1. The molecule has 166 valence electrons. The summed E-state index contributed by atoms with van der Waals surface area (Å²) in [6.45, 7) is 3.82. The lowest BCUT2D eigenvalue weighted by atomic mass is 10.1. The summed E-state index contributed by atoms with van der Waals surface area (Å²) in [5.41, 5.74) is 2.83. The highest BCUT2D eigenvalue weighted by molar-refractivity contribution is 7.99. The van der Waals surface area contributed by atoms with E-state index in [0.29, 0.717) is 31.0 Å². The van der Waals surface area contributed by atoms with Gasteiger partial charge < -0.3 is 24.1 Å². The molecule has 0 aliphatic carbocycles. The largest absolute Gasteiger partial charge is 0.486 e. The van der Waals surface area contributed by atoms with E-state index in [9.17, 15) is 9.59 Å². The molecule has 0 radical (unpaired) electrons. The average Bonchev–Trinajstić information content (AvgIpc) is 3.25. The molecule has 9 heteroatoms.